The summed E-state index contributed by atoms with van der Waals surface area (Å²) < 4.78 is 0. The number of alkyl halides is 1. The molecule has 4 unspecified atom stereocenters. The number of amides is 1. The van der Waals surface area contributed by atoms with Crippen LogP contribution in [0.15, 0.2) is 0 Å². The van der Waals surface area contributed by atoms with Gasteiger partial charge < -0.3 is 4.90 Å². The molecule has 1 amide bonds. The fourth-order valence-corrected chi connectivity index (χ4v) is 2.90. The van der Waals surface area contributed by atoms with Crippen LogP contribution in [-0.2, 0) is 4.79 Å². The van der Waals surface area contributed by atoms with Crippen molar-refractivity contribution >= 4 is 17.5 Å². The van der Waals surface area contributed by atoms with Crippen LogP contribution in [0.5, 0.6) is 0 Å². The zero-order valence-electron chi connectivity index (χ0n) is 9.58. The molecule has 3 heteroatoms. The highest BCUT2D eigenvalue weighted by atomic mass is 35.5. The minimum absolute atomic E-state index is 0.325. The van der Waals surface area contributed by atoms with Gasteiger partial charge in [0, 0.05) is 24.9 Å². The van der Waals surface area contributed by atoms with Crippen LogP contribution in [0.3, 0.4) is 0 Å². The van der Waals surface area contributed by atoms with Gasteiger partial charge in [-0.25, -0.2) is 0 Å². The summed E-state index contributed by atoms with van der Waals surface area (Å²) in [4.78, 5) is 14.1. The number of rotatable bonds is 2. The third-order valence-electron chi connectivity index (χ3n) is 3.70. The SMILES string of the molecule is CC1CC(CCl)CN(C(=O)C2CC2C)C1. The average molecular weight is 230 g/mol. The molecule has 15 heavy (non-hydrogen) atoms. The van der Waals surface area contributed by atoms with Gasteiger partial charge in [-0.3, -0.25) is 4.79 Å². The molecule has 1 aliphatic heterocycles. The second-order valence-corrected chi connectivity index (χ2v) is 5.73. The highest BCUT2D eigenvalue weighted by molar-refractivity contribution is 6.18. The molecule has 0 aromatic heterocycles. The Labute approximate surface area is 97.0 Å². The van der Waals surface area contributed by atoms with Crippen LogP contribution in [-0.4, -0.2) is 29.8 Å². The van der Waals surface area contributed by atoms with E-state index in [2.05, 4.69) is 18.7 Å². The smallest absolute Gasteiger partial charge is 0.225 e. The predicted molar refractivity (Wildman–Crippen MR) is 61.8 cm³/mol. The second-order valence-electron chi connectivity index (χ2n) is 5.42. The minimum atomic E-state index is 0.325. The van der Waals surface area contributed by atoms with Gasteiger partial charge in [-0.05, 0) is 30.6 Å². The van der Waals surface area contributed by atoms with Crippen LogP contribution in [0.2, 0.25) is 0 Å². The lowest BCUT2D eigenvalue weighted by atomic mass is 9.91. The first-order chi connectivity index (χ1) is 7.11. The standard InChI is InChI=1S/C12H20ClNO/c1-8-3-10(5-13)7-14(6-8)12(15)11-4-9(11)2/h8-11H,3-7H2,1-2H3. The first kappa shape index (κ1) is 11.3. The Morgan fingerprint density at radius 1 is 1.33 bits per heavy atom. The normalized spacial score (nSPS) is 40.3. The highest BCUT2D eigenvalue weighted by Gasteiger charge is 2.42. The summed E-state index contributed by atoms with van der Waals surface area (Å²) in [5, 5.41) is 0. The molecule has 0 bridgehead atoms. The van der Waals surface area contributed by atoms with Gasteiger partial charge in [-0.2, -0.15) is 0 Å². The van der Waals surface area contributed by atoms with Crippen molar-refractivity contribution in [1.82, 2.24) is 4.90 Å². The molecule has 0 spiro atoms. The van der Waals surface area contributed by atoms with Crippen LogP contribution in [0.25, 0.3) is 0 Å². The maximum Gasteiger partial charge on any atom is 0.225 e. The molecule has 2 fully saturated rings. The van der Waals surface area contributed by atoms with E-state index in [4.69, 9.17) is 11.6 Å². The summed E-state index contributed by atoms with van der Waals surface area (Å²) >= 11 is 5.90. The topological polar surface area (TPSA) is 20.3 Å². The van der Waals surface area contributed by atoms with E-state index in [-0.39, 0.29) is 0 Å². The van der Waals surface area contributed by atoms with Crippen LogP contribution >= 0.6 is 11.6 Å². The molecule has 1 saturated carbocycles. The lowest BCUT2D eigenvalue weighted by Crippen LogP contribution is -2.44. The molecule has 0 aromatic rings. The van der Waals surface area contributed by atoms with Crippen molar-refractivity contribution in [3.8, 4) is 0 Å². The maximum absolute atomic E-state index is 12.1. The van der Waals surface area contributed by atoms with Gasteiger partial charge in [0.05, 0.1) is 0 Å². The van der Waals surface area contributed by atoms with E-state index >= 15 is 0 Å². The molecule has 2 rings (SSSR count). The zero-order chi connectivity index (χ0) is 11.0. The van der Waals surface area contributed by atoms with Crippen molar-refractivity contribution < 1.29 is 4.79 Å². The van der Waals surface area contributed by atoms with Crippen LogP contribution in [0.4, 0.5) is 0 Å². The van der Waals surface area contributed by atoms with Crippen molar-refractivity contribution in [2.75, 3.05) is 19.0 Å². The Bertz CT molecular complexity index is 256. The van der Waals surface area contributed by atoms with E-state index in [1.807, 2.05) is 0 Å². The molecule has 2 nitrogen and oxygen atoms in total. The molecule has 2 aliphatic rings. The van der Waals surface area contributed by atoms with Crippen molar-refractivity contribution in [2.45, 2.75) is 26.7 Å². The van der Waals surface area contributed by atoms with Crippen molar-refractivity contribution in [2.24, 2.45) is 23.7 Å². The lowest BCUT2D eigenvalue weighted by Gasteiger charge is -2.36. The number of likely N-dealkylation sites (tertiary alicyclic amines) is 1. The maximum atomic E-state index is 12.1. The number of carbonyl (C=O) groups excluding carboxylic acids is 1. The quantitative estimate of drug-likeness (QED) is 0.666. The van der Waals surface area contributed by atoms with E-state index in [1.54, 1.807) is 0 Å². The number of nitrogens with zero attached hydrogens (tertiary/aromatic N) is 1. The largest absolute Gasteiger partial charge is 0.342 e. The summed E-state index contributed by atoms with van der Waals surface area (Å²) in [6.45, 7) is 6.20. The van der Waals surface area contributed by atoms with Crippen molar-refractivity contribution in [3.63, 3.8) is 0 Å². The summed E-state index contributed by atoms with van der Waals surface area (Å²) in [5.74, 6) is 3.13. The van der Waals surface area contributed by atoms with Crippen molar-refractivity contribution in [1.29, 1.82) is 0 Å². The molecule has 1 heterocycles. The van der Waals surface area contributed by atoms with E-state index in [9.17, 15) is 4.79 Å². The Kier molecular flexibility index (Phi) is 3.24. The van der Waals surface area contributed by atoms with Gasteiger partial charge in [0.25, 0.3) is 0 Å². The summed E-state index contributed by atoms with van der Waals surface area (Å²) in [6.07, 6.45) is 2.27. The van der Waals surface area contributed by atoms with Crippen LogP contribution < -0.4 is 0 Å². The van der Waals surface area contributed by atoms with E-state index in [1.165, 1.54) is 6.42 Å². The molecule has 1 aliphatic carbocycles. The van der Waals surface area contributed by atoms with E-state index < -0.39 is 0 Å². The van der Waals surface area contributed by atoms with Gasteiger partial charge in [-0.1, -0.05) is 13.8 Å². The van der Waals surface area contributed by atoms with Crippen LogP contribution in [0, 0.1) is 23.7 Å². The number of hydrogen-bond donors (Lipinski definition) is 0. The Balaban J connectivity index is 1.93. The Morgan fingerprint density at radius 3 is 2.53 bits per heavy atom. The third-order valence-corrected chi connectivity index (χ3v) is 4.14. The van der Waals surface area contributed by atoms with Gasteiger partial charge in [0.1, 0.15) is 0 Å². The highest BCUT2D eigenvalue weighted by Crippen LogP contribution is 2.40. The monoisotopic (exact) mass is 229 g/mol. The zero-order valence-corrected chi connectivity index (χ0v) is 10.3. The fraction of sp³-hybridized carbons (Fsp3) is 0.917. The minimum Gasteiger partial charge on any atom is -0.342 e. The van der Waals surface area contributed by atoms with Gasteiger partial charge in [0.2, 0.25) is 5.91 Å². The van der Waals surface area contributed by atoms with E-state index in [0.717, 1.165) is 19.5 Å². The third kappa shape index (κ3) is 2.47. The first-order valence-electron chi connectivity index (χ1n) is 5.96. The molecular formula is C12H20ClNO. The number of halogens is 1. The molecule has 0 radical (unpaired) electrons. The number of piperidine rings is 1. The Hall–Kier alpha value is -0.240. The molecule has 0 aromatic carbocycles. The fourth-order valence-electron chi connectivity index (χ4n) is 2.67. The van der Waals surface area contributed by atoms with Gasteiger partial charge >= 0.3 is 0 Å². The summed E-state index contributed by atoms with van der Waals surface area (Å²) in [5.41, 5.74) is 0. The summed E-state index contributed by atoms with van der Waals surface area (Å²) in [7, 11) is 0. The molecule has 1 saturated heterocycles. The first-order valence-corrected chi connectivity index (χ1v) is 6.50. The van der Waals surface area contributed by atoms with Crippen LogP contribution in [0.1, 0.15) is 26.7 Å². The average Bonchev–Trinajstić information content (AvgIpc) is 2.93. The van der Waals surface area contributed by atoms with Crippen molar-refractivity contribution in [3.05, 3.63) is 0 Å². The summed E-state index contributed by atoms with van der Waals surface area (Å²) in [6, 6.07) is 0. The van der Waals surface area contributed by atoms with Gasteiger partial charge in [0.15, 0.2) is 0 Å². The second kappa shape index (κ2) is 4.32. The molecular weight excluding hydrogens is 210 g/mol. The lowest BCUT2D eigenvalue weighted by molar-refractivity contribution is -0.135. The molecule has 86 valence electrons. The molecule has 0 N–H and O–H groups in total. The Morgan fingerprint density at radius 2 is 2.00 bits per heavy atom. The molecule has 4 atom stereocenters. The van der Waals surface area contributed by atoms with Gasteiger partial charge in [-0.15, -0.1) is 11.6 Å². The van der Waals surface area contributed by atoms with E-state index in [0.29, 0.717) is 35.5 Å². The number of carbonyl (C=O) groups is 1. The predicted octanol–water partition coefficient (Wildman–Crippen LogP) is 2.37. The number of hydrogen-bond acceptors (Lipinski definition) is 1.